The van der Waals surface area contributed by atoms with E-state index >= 15 is 0 Å². The van der Waals surface area contributed by atoms with Gasteiger partial charge in [0.05, 0.1) is 15.9 Å². The van der Waals surface area contributed by atoms with Crippen molar-refractivity contribution in [2.24, 2.45) is 7.05 Å². The van der Waals surface area contributed by atoms with Crippen molar-refractivity contribution in [1.29, 1.82) is 0 Å². The van der Waals surface area contributed by atoms with Crippen molar-refractivity contribution in [2.75, 3.05) is 39.3 Å². The summed E-state index contributed by atoms with van der Waals surface area (Å²) in [6.45, 7) is 11.4. The van der Waals surface area contributed by atoms with Gasteiger partial charge in [0.2, 0.25) is 0 Å². The highest BCUT2D eigenvalue weighted by atomic mass is 79.9. The lowest BCUT2D eigenvalue weighted by Gasteiger charge is -2.50. The Bertz CT molecular complexity index is 492. The predicted octanol–water partition coefficient (Wildman–Crippen LogP) is 1.01. The van der Waals surface area contributed by atoms with E-state index in [4.69, 9.17) is 0 Å². The molecule has 3 aliphatic rings. The Morgan fingerprint density at radius 2 is 2.05 bits per heavy atom. The maximum absolute atomic E-state index is 4.53. The van der Waals surface area contributed by atoms with E-state index in [0.29, 0.717) is 12.1 Å². The summed E-state index contributed by atoms with van der Waals surface area (Å²) in [6.07, 6.45) is 1.03. The fourth-order valence-corrected chi connectivity index (χ4v) is 4.25. The first kappa shape index (κ1) is 15.5. The quantitative estimate of drug-likeness (QED) is 0.855. The maximum Gasteiger partial charge on any atom is 0.0738 e. The molecule has 0 radical (unpaired) electrons. The van der Waals surface area contributed by atoms with Crippen molar-refractivity contribution in [2.45, 2.75) is 32.4 Å². The number of hydrogen-bond acceptors (Lipinski definition) is 4. The number of rotatable bonds is 5. The third-order valence-electron chi connectivity index (χ3n) is 4.93. The molecule has 1 aromatic rings. The second kappa shape index (κ2) is 6.36. The first-order valence-corrected chi connectivity index (χ1v) is 8.77. The van der Waals surface area contributed by atoms with Crippen LogP contribution in [0.25, 0.3) is 0 Å². The van der Waals surface area contributed by atoms with Crippen LogP contribution < -0.4 is 5.32 Å². The third-order valence-corrected chi connectivity index (χ3v) is 5.96. The molecule has 3 fully saturated rings. The number of aryl methyl sites for hydroxylation is 2. The molecule has 4 heterocycles. The summed E-state index contributed by atoms with van der Waals surface area (Å²) in [4.78, 5) is 5.28. The van der Waals surface area contributed by atoms with Crippen molar-refractivity contribution in [3.8, 4) is 0 Å². The summed E-state index contributed by atoms with van der Waals surface area (Å²) in [5.41, 5.74) is 2.38. The maximum atomic E-state index is 4.53. The molecule has 118 valence electrons. The largest absolute Gasteiger partial charge is 0.312 e. The van der Waals surface area contributed by atoms with Crippen LogP contribution in [0.5, 0.6) is 0 Å². The molecule has 4 rings (SSSR count). The lowest BCUT2D eigenvalue weighted by Crippen LogP contribution is -2.66. The zero-order valence-corrected chi connectivity index (χ0v) is 14.9. The van der Waals surface area contributed by atoms with Gasteiger partial charge in [-0.1, -0.05) is 6.92 Å². The van der Waals surface area contributed by atoms with Crippen LogP contribution in [0.1, 0.15) is 18.3 Å². The van der Waals surface area contributed by atoms with Crippen molar-refractivity contribution in [1.82, 2.24) is 24.9 Å². The number of nitrogens with zero attached hydrogens (tertiary/aromatic N) is 4. The summed E-state index contributed by atoms with van der Waals surface area (Å²) in [6, 6.07) is 1.11. The van der Waals surface area contributed by atoms with Crippen LogP contribution in [0, 0.1) is 6.92 Å². The lowest BCUT2D eigenvalue weighted by atomic mass is 9.96. The number of likely N-dealkylation sites (N-methyl/N-ethyl adjacent to an activating group) is 1. The zero-order chi connectivity index (χ0) is 15.0. The number of fused-ring (bicyclic) bond motifs is 3. The monoisotopic (exact) mass is 355 g/mol. The fraction of sp³-hybridized carbons (Fsp3) is 0.800. The molecule has 0 aromatic carbocycles. The van der Waals surface area contributed by atoms with Gasteiger partial charge in [0.25, 0.3) is 0 Å². The SMILES string of the molecule is CCNC(Cc1c(Br)c(C)nn1C)C1CN2CCN1CC2. The molecular weight excluding hydrogens is 330 g/mol. The van der Waals surface area contributed by atoms with Crippen molar-refractivity contribution in [3.05, 3.63) is 15.9 Å². The average molecular weight is 356 g/mol. The zero-order valence-electron chi connectivity index (χ0n) is 13.3. The van der Waals surface area contributed by atoms with Crippen molar-refractivity contribution >= 4 is 15.9 Å². The Kier molecular flexibility index (Phi) is 4.69. The first-order chi connectivity index (χ1) is 10.1. The van der Waals surface area contributed by atoms with E-state index in [1.54, 1.807) is 0 Å². The van der Waals surface area contributed by atoms with Gasteiger partial charge in [-0.05, 0) is 29.4 Å². The molecule has 1 aromatic heterocycles. The van der Waals surface area contributed by atoms with Crippen LogP contribution in [-0.4, -0.2) is 70.9 Å². The van der Waals surface area contributed by atoms with E-state index in [-0.39, 0.29) is 0 Å². The summed E-state index contributed by atoms with van der Waals surface area (Å²) in [7, 11) is 2.05. The molecule has 3 aliphatic heterocycles. The van der Waals surface area contributed by atoms with Crippen LogP contribution in [0.4, 0.5) is 0 Å². The number of hydrogen-bond donors (Lipinski definition) is 1. The summed E-state index contributed by atoms with van der Waals surface area (Å²) < 4.78 is 3.20. The molecule has 2 unspecified atom stereocenters. The van der Waals surface area contributed by atoms with Gasteiger partial charge in [-0.2, -0.15) is 5.10 Å². The normalized spacial score (nSPS) is 29.8. The second-order valence-corrected chi connectivity index (χ2v) is 7.03. The molecule has 0 spiro atoms. The fourth-order valence-electron chi connectivity index (χ4n) is 3.76. The molecule has 0 saturated carbocycles. The van der Waals surface area contributed by atoms with E-state index in [1.165, 1.54) is 42.9 Å². The number of nitrogens with one attached hydrogen (secondary N) is 1. The summed E-state index contributed by atoms with van der Waals surface area (Å²) in [5.74, 6) is 0. The van der Waals surface area contributed by atoms with Crippen LogP contribution in [0.2, 0.25) is 0 Å². The molecule has 1 N–H and O–H groups in total. The van der Waals surface area contributed by atoms with E-state index in [9.17, 15) is 0 Å². The Morgan fingerprint density at radius 1 is 1.33 bits per heavy atom. The molecule has 2 atom stereocenters. The van der Waals surface area contributed by atoms with Crippen LogP contribution in [-0.2, 0) is 13.5 Å². The summed E-state index contributed by atoms with van der Waals surface area (Å²) in [5, 5.41) is 8.25. The Balaban J connectivity index is 1.78. The molecule has 2 bridgehead atoms. The van der Waals surface area contributed by atoms with Gasteiger partial charge in [0.1, 0.15) is 0 Å². The number of piperazine rings is 3. The minimum atomic E-state index is 0.490. The highest BCUT2D eigenvalue weighted by molar-refractivity contribution is 9.10. The third kappa shape index (κ3) is 3.04. The molecule has 21 heavy (non-hydrogen) atoms. The molecule has 0 aliphatic carbocycles. The Hall–Kier alpha value is -0.430. The molecule has 5 nitrogen and oxygen atoms in total. The van der Waals surface area contributed by atoms with Gasteiger partial charge in [0, 0.05) is 58.3 Å². The molecular formula is C15H26BrN5. The van der Waals surface area contributed by atoms with Crippen LogP contribution in [0.15, 0.2) is 4.47 Å². The molecule has 0 amide bonds. The van der Waals surface area contributed by atoms with E-state index in [2.05, 4.69) is 50.0 Å². The Labute approximate surface area is 135 Å². The minimum Gasteiger partial charge on any atom is -0.312 e. The molecule has 6 heteroatoms. The standard InChI is InChI=1S/C15H26BrN5/c1-4-17-12(9-13-15(16)11(2)18-19(13)3)14-10-20-5-7-21(14)8-6-20/h12,14,17H,4-10H2,1-3H3. The van der Waals surface area contributed by atoms with E-state index in [1.807, 2.05) is 11.7 Å². The number of aromatic nitrogens is 2. The van der Waals surface area contributed by atoms with Crippen LogP contribution in [0.3, 0.4) is 0 Å². The highest BCUT2D eigenvalue weighted by Gasteiger charge is 2.37. The van der Waals surface area contributed by atoms with Gasteiger partial charge in [-0.3, -0.25) is 14.5 Å². The van der Waals surface area contributed by atoms with Gasteiger partial charge in [-0.25, -0.2) is 0 Å². The highest BCUT2D eigenvalue weighted by Crippen LogP contribution is 2.25. The van der Waals surface area contributed by atoms with Crippen molar-refractivity contribution < 1.29 is 0 Å². The predicted molar refractivity (Wildman–Crippen MR) is 88.6 cm³/mol. The van der Waals surface area contributed by atoms with Gasteiger partial charge in [0.15, 0.2) is 0 Å². The van der Waals surface area contributed by atoms with Crippen molar-refractivity contribution in [3.63, 3.8) is 0 Å². The van der Waals surface area contributed by atoms with E-state index < -0.39 is 0 Å². The topological polar surface area (TPSA) is 36.3 Å². The second-order valence-electron chi connectivity index (χ2n) is 6.24. The molecule has 3 saturated heterocycles. The smallest absolute Gasteiger partial charge is 0.0738 e. The van der Waals surface area contributed by atoms with Crippen LogP contribution >= 0.6 is 15.9 Å². The minimum absolute atomic E-state index is 0.490. The van der Waals surface area contributed by atoms with E-state index in [0.717, 1.165) is 18.7 Å². The lowest BCUT2D eigenvalue weighted by molar-refractivity contribution is -0.00315. The average Bonchev–Trinajstić information content (AvgIpc) is 2.74. The van der Waals surface area contributed by atoms with Gasteiger partial charge >= 0.3 is 0 Å². The van der Waals surface area contributed by atoms with Gasteiger partial charge < -0.3 is 5.32 Å². The first-order valence-electron chi connectivity index (χ1n) is 7.98. The Morgan fingerprint density at radius 3 is 2.52 bits per heavy atom. The number of halogens is 1. The van der Waals surface area contributed by atoms with Gasteiger partial charge in [-0.15, -0.1) is 0 Å². The summed E-state index contributed by atoms with van der Waals surface area (Å²) >= 11 is 3.71.